The van der Waals surface area contributed by atoms with E-state index >= 15 is 0 Å². The van der Waals surface area contributed by atoms with Gasteiger partial charge < -0.3 is 28.7 Å². The maximum absolute atomic E-state index is 11.4. The van der Waals surface area contributed by atoms with Gasteiger partial charge in [-0.1, -0.05) is 0 Å². The smallest absolute Gasteiger partial charge is 0.450 e. The largest absolute Gasteiger partial charge is 1.00 e. The van der Waals surface area contributed by atoms with Crippen LogP contribution in [0.25, 0.3) is 0 Å². The second-order valence-corrected chi connectivity index (χ2v) is 7.15. The molecule has 4 heteroatoms. The SMILES string of the molecule is CCOC(=O)[P+](C)(CC)CC.[I-]. The predicted octanol–water partition coefficient (Wildman–Crippen LogP) is -0.166. The summed E-state index contributed by atoms with van der Waals surface area (Å²) in [6.45, 7) is 8.55. The Kier molecular flexibility index (Phi) is 8.91. The third kappa shape index (κ3) is 4.04. The predicted molar refractivity (Wildman–Crippen MR) is 50.9 cm³/mol. The second kappa shape index (κ2) is 7.07. The van der Waals surface area contributed by atoms with Crippen molar-refractivity contribution < 1.29 is 33.5 Å². The van der Waals surface area contributed by atoms with Crippen molar-refractivity contribution in [3.8, 4) is 0 Å². The monoisotopic (exact) mass is 304 g/mol. The van der Waals surface area contributed by atoms with Gasteiger partial charge in [0.05, 0.1) is 25.6 Å². The molecular formula is C8H18IO2P. The molecule has 0 unspecified atom stereocenters. The Morgan fingerprint density at radius 3 is 1.92 bits per heavy atom. The first-order chi connectivity index (χ1) is 5.10. The first-order valence-corrected chi connectivity index (χ1v) is 6.73. The van der Waals surface area contributed by atoms with Crippen LogP contribution >= 0.6 is 7.26 Å². The molecule has 0 rings (SSSR count). The molecule has 12 heavy (non-hydrogen) atoms. The number of carbonyl (C=O) groups is 1. The summed E-state index contributed by atoms with van der Waals surface area (Å²) in [5, 5.41) is 0. The molecule has 0 bridgehead atoms. The molecule has 74 valence electrons. The van der Waals surface area contributed by atoms with E-state index in [1.54, 1.807) is 0 Å². The van der Waals surface area contributed by atoms with Gasteiger partial charge in [-0.15, -0.1) is 0 Å². The van der Waals surface area contributed by atoms with E-state index in [9.17, 15) is 4.79 Å². The molecule has 0 saturated heterocycles. The van der Waals surface area contributed by atoms with Crippen LogP contribution in [0.5, 0.6) is 0 Å². The highest BCUT2D eigenvalue weighted by molar-refractivity contribution is 7.89. The first-order valence-electron chi connectivity index (χ1n) is 4.12. The van der Waals surface area contributed by atoms with Gasteiger partial charge in [-0.25, -0.2) is 4.79 Å². The van der Waals surface area contributed by atoms with Gasteiger partial charge >= 0.3 is 5.71 Å². The lowest BCUT2D eigenvalue weighted by Gasteiger charge is -2.15. The fraction of sp³-hybridized carbons (Fsp3) is 0.875. The molecule has 0 aliphatic carbocycles. The summed E-state index contributed by atoms with van der Waals surface area (Å²) in [6, 6.07) is 0. The Balaban J connectivity index is 0. The molecule has 0 aliphatic heterocycles. The Bertz CT molecular complexity index is 135. The van der Waals surface area contributed by atoms with Crippen LogP contribution < -0.4 is 24.0 Å². The van der Waals surface area contributed by atoms with E-state index in [0.717, 1.165) is 12.3 Å². The molecule has 0 spiro atoms. The summed E-state index contributed by atoms with van der Waals surface area (Å²) in [4.78, 5) is 11.4. The quantitative estimate of drug-likeness (QED) is 0.533. The lowest BCUT2D eigenvalue weighted by atomic mass is 10.9. The normalized spacial score (nSPS) is 10.3. The summed E-state index contributed by atoms with van der Waals surface area (Å²) in [5.74, 6) is 0. The van der Waals surface area contributed by atoms with E-state index < -0.39 is 7.26 Å². The third-order valence-corrected chi connectivity index (χ3v) is 5.91. The number of hydrogen-bond acceptors (Lipinski definition) is 2. The number of rotatable bonds is 4. The fourth-order valence-electron chi connectivity index (χ4n) is 0.761. The third-order valence-electron chi connectivity index (χ3n) is 2.10. The summed E-state index contributed by atoms with van der Waals surface area (Å²) in [7, 11) is -1.40. The number of halogens is 1. The van der Waals surface area contributed by atoms with Gasteiger partial charge in [-0.3, -0.25) is 0 Å². The maximum Gasteiger partial charge on any atom is 0.450 e. The summed E-state index contributed by atoms with van der Waals surface area (Å²) in [6.07, 6.45) is 1.92. The molecule has 0 aliphatic rings. The number of hydrogen-bond donors (Lipinski definition) is 0. The van der Waals surface area contributed by atoms with Gasteiger partial charge in [0.2, 0.25) is 0 Å². The molecule has 0 aromatic carbocycles. The van der Waals surface area contributed by atoms with Crippen LogP contribution in [0.1, 0.15) is 20.8 Å². The van der Waals surface area contributed by atoms with E-state index in [0.29, 0.717) is 6.61 Å². The van der Waals surface area contributed by atoms with E-state index in [1.807, 2.05) is 6.92 Å². The summed E-state index contributed by atoms with van der Waals surface area (Å²) < 4.78 is 5.00. The van der Waals surface area contributed by atoms with E-state index in [4.69, 9.17) is 4.74 Å². The van der Waals surface area contributed by atoms with Crippen LogP contribution in [0.15, 0.2) is 0 Å². The highest BCUT2D eigenvalue weighted by Crippen LogP contribution is 2.55. The lowest BCUT2D eigenvalue weighted by molar-refractivity contribution is -0.00000730. The second-order valence-electron chi connectivity index (χ2n) is 2.73. The minimum Gasteiger partial charge on any atom is -1.00 e. The summed E-state index contributed by atoms with van der Waals surface area (Å²) in [5.41, 5.74) is 0.0463. The lowest BCUT2D eigenvalue weighted by Crippen LogP contribution is -3.00. The van der Waals surface area contributed by atoms with Gasteiger partial charge in [0, 0.05) is 0 Å². The van der Waals surface area contributed by atoms with Crippen molar-refractivity contribution in [1.82, 2.24) is 0 Å². The minimum atomic E-state index is -1.40. The number of ether oxygens (including phenoxy) is 1. The van der Waals surface area contributed by atoms with E-state index in [1.165, 1.54) is 0 Å². The first kappa shape index (κ1) is 15.1. The zero-order valence-electron chi connectivity index (χ0n) is 8.26. The molecular weight excluding hydrogens is 286 g/mol. The van der Waals surface area contributed by atoms with Crippen molar-refractivity contribution in [2.24, 2.45) is 0 Å². The van der Waals surface area contributed by atoms with Crippen molar-refractivity contribution in [3.63, 3.8) is 0 Å². The van der Waals surface area contributed by atoms with Gasteiger partial charge in [0.1, 0.15) is 7.26 Å². The van der Waals surface area contributed by atoms with Gasteiger partial charge in [0.25, 0.3) is 0 Å². The van der Waals surface area contributed by atoms with Crippen molar-refractivity contribution in [1.29, 1.82) is 0 Å². The average Bonchev–Trinajstić information content (AvgIpc) is 2.03. The molecule has 0 aromatic heterocycles. The standard InChI is InChI=1S/C8H18O2P.HI/c1-5-10-8(9)11(4,6-2)7-3;/h5-7H2,1-4H3;1H/q+1;/p-1. The highest BCUT2D eigenvalue weighted by Gasteiger charge is 2.39. The van der Waals surface area contributed by atoms with E-state index in [2.05, 4.69) is 20.5 Å². The fourth-order valence-corrected chi connectivity index (χ4v) is 2.17. The number of carbonyl (C=O) groups excluding carboxylic acids is 1. The van der Waals surface area contributed by atoms with Crippen LogP contribution in [0.4, 0.5) is 4.79 Å². The minimum absolute atomic E-state index is 0. The highest BCUT2D eigenvalue weighted by atomic mass is 127. The van der Waals surface area contributed by atoms with Gasteiger partial charge in [0.15, 0.2) is 0 Å². The van der Waals surface area contributed by atoms with Crippen LogP contribution in [0.3, 0.4) is 0 Å². The Labute approximate surface area is 92.8 Å². The van der Waals surface area contributed by atoms with Crippen molar-refractivity contribution >= 4 is 13.0 Å². The molecule has 0 heterocycles. The van der Waals surface area contributed by atoms with Crippen molar-refractivity contribution in [2.75, 3.05) is 25.6 Å². The molecule has 0 fully saturated rings. The Morgan fingerprint density at radius 2 is 1.67 bits per heavy atom. The molecule has 0 amide bonds. The Morgan fingerprint density at radius 1 is 1.25 bits per heavy atom. The zero-order chi connectivity index (χ0) is 8.91. The van der Waals surface area contributed by atoms with Crippen molar-refractivity contribution in [2.45, 2.75) is 20.8 Å². The van der Waals surface area contributed by atoms with Gasteiger partial charge in [-0.2, -0.15) is 0 Å². The molecule has 0 radical (unpaired) electrons. The maximum atomic E-state index is 11.4. The van der Waals surface area contributed by atoms with Gasteiger partial charge in [-0.05, 0) is 20.8 Å². The van der Waals surface area contributed by atoms with E-state index in [-0.39, 0.29) is 29.7 Å². The average molecular weight is 304 g/mol. The molecule has 0 atom stereocenters. The molecule has 0 aromatic rings. The molecule has 0 N–H and O–H groups in total. The Hall–Kier alpha value is 0.630. The summed E-state index contributed by atoms with van der Waals surface area (Å²) >= 11 is 0. The molecule has 2 nitrogen and oxygen atoms in total. The zero-order valence-corrected chi connectivity index (χ0v) is 11.3. The van der Waals surface area contributed by atoms with Crippen LogP contribution in [0.2, 0.25) is 0 Å². The topological polar surface area (TPSA) is 26.3 Å². The van der Waals surface area contributed by atoms with Crippen LogP contribution in [-0.4, -0.2) is 31.3 Å². The molecule has 0 saturated carbocycles. The van der Waals surface area contributed by atoms with Crippen LogP contribution in [-0.2, 0) is 4.74 Å². The van der Waals surface area contributed by atoms with Crippen LogP contribution in [0, 0.1) is 0 Å². The van der Waals surface area contributed by atoms with Crippen molar-refractivity contribution in [3.05, 3.63) is 0 Å².